The molecule has 0 fully saturated rings. The summed E-state index contributed by atoms with van der Waals surface area (Å²) in [5.41, 5.74) is 1.55. The maximum atomic E-state index is 13.5. The summed E-state index contributed by atoms with van der Waals surface area (Å²) in [4.78, 5) is 7.05. The van der Waals surface area contributed by atoms with Gasteiger partial charge in [-0.1, -0.05) is 23.4 Å². The third-order valence-electron chi connectivity index (χ3n) is 2.82. The van der Waals surface area contributed by atoms with Crippen LogP contribution in [-0.2, 0) is 6.42 Å². The largest absolute Gasteiger partial charge is 0.356 e. The summed E-state index contributed by atoms with van der Waals surface area (Å²) in [5, 5.41) is 12.6. The van der Waals surface area contributed by atoms with E-state index in [0.717, 1.165) is 0 Å². The first-order chi connectivity index (χ1) is 9.76. The number of hydrogen-bond donors (Lipinski definition) is 1. The third kappa shape index (κ3) is 2.29. The number of nitrogens with one attached hydrogen (secondary N) is 1. The van der Waals surface area contributed by atoms with Gasteiger partial charge in [-0.2, -0.15) is 10.2 Å². The minimum Gasteiger partial charge on any atom is -0.356 e. The molecule has 0 saturated heterocycles. The fourth-order valence-corrected chi connectivity index (χ4v) is 1.83. The number of hydrogen-bond acceptors (Lipinski definition) is 4. The van der Waals surface area contributed by atoms with E-state index in [2.05, 4.69) is 15.1 Å². The van der Waals surface area contributed by atoms with E-state index in [-0.39, 0.29) is 18.1 Å². The predicted molar refractivity (Wildman–Crippen MR) is 68.0 cm³/mol. The molecule has 0 saturated carbocycles. The van der Waals surface area contributed by atoms with Crippen LogP contribution >= 0.6 is 0 Å². The van der Waals surface area contributed by atoms with Gasteiger partial charge in [0.15, 0.2) is 5.82 Å². The molecule has 0 unspecified atom stereocenters. The SMILES string of the molecule is N#Cc1c[nH]c(-c2nc(Cc3ccccc3F)no2)c1. The Morgan fingerprint density at radius 3 is 2.95 bits per heavy atom. The third-order valence-corrected chi connectivity index (χ3v) is 2.82. The fraction of sp³-hybridized carbons (Fsp3) is 0.0714. The van der Waals surface area contributed by atoms with Crippen molar-refractivity contribution < 1.29 is 8.91 Å². The van der Waals surface area contributed by atoms with Gasteiger partial charge in [-0.05, 0) is 17.7 Å². The Bertz CT molecular complexity index is 784. The maximum Gasteiger partial charge on any atom is 0.274 e. The van der Waals surface area contributed by atoms with Gasteiger partial charge in [-0.3, -0.25) is 0 Å². The van der Waals surface area contributed by atoms with Crippen molar-refractivity contribution in [2.24, 2.45) is 0 Å². The molecule has 6 heteroatoms. The number of rotatable bonds is 3. The molecule has 5 nitrogen and oxygen atoms in total. The molecule has 3 rings (SSSR count). The van der Waals surface area contributed by atoms with Crippen molar-refractivity contribution in [1.82, 2.24) is 15.1 Å². The molecular formula is C14H9FN4O. The van der Waals surface area contributed by atoms with Gasteiger partial charge >= 0.3 is 0 Å². The lowest BCUT2D eigenvalue weighted by atomic mass is 10.1. The second kappa shape index (κ2) is 4.97. The molecule has 0 aliphatic rings. The van der Waals surface area contributed by atoms with Crippen LogP contribution in [0.25, 0.3) is 11.6 Å². The lowest BCUT2D eigenvalue weighted by Gasteiger charge is -1.97. The number of aromatic nitrogens is 3. The summed E-state index contributed by atoms with van der Waals surface area (Å²) < 4.78 is 18.6. The van der Waals surface area contributed by atoms with Crippen molar-refractivity contribution in [2.45, 2.75) is 6.42 Å². The topological polar surface area (TPSA) is 78.5 Å². The van der Waals surface area contributed by atoms with Crippen molar-refractivity contribution in [3.8, 4) is 17.7 Å². The molecule has 0 aliphatic carbocycles. The summed E-state index contributed by atoms with van der Waals surface area (Å²) in [7, 11) is 0. The lowest BCUT2D eigenvalue weighted by molar-refractivity contribution is 0.422. The molecule has 0 spiro atoms. The Morgan fingerprint density at radius 1 is 1.35 bits per heavy atom. The highest BCUT2D eigenvalue weighted by Gasteiger charge is 2.12. The van der Waals surface area contributed by atoms with Crippen LogP contribution in [0, 0.1) is 17.1 Å². The van der Waals surface area contributed by atoms with Gasteiger partial charge in [-0.25, -0.2) is 4.39 Å². The van der Waals surface area contributed by atoms with Gasteiger partial charge in [0.05, 0.1) is 5.56 Å². The van der Waals surface area contributed by atoms with Crippen LogP contribution in [0.3, 0.4) is 0 Å². The normalized spacial score (nSPS) is 10.4. The Balaban J connectivity index is 1.84. The average Bonchev–Trinajstić information content (AvgIpc) is 3.10. The Hall–Kier alpha value is -2.94. The number of aromatic amines is 1. The van der Waals surface area contributed by atoms with Gasteiger partial charge in [0.1, 0.15) is 17.6 Å². The number of benzene rings is 1. The molecule has 98 valence electrons. The molecule has 1 N–H and O–H groups in total. The van der Waals surface area contributed by atoms with Gasteiger partial charge in [0, 0.05) is 12.6 Å². The highest BCUT2D eigenvalue weighted by molar-refractivity contribution is 5.51. The molecule has 0 amide bonds. The van der Waals surface area contributed by atoms with Crippen molar-refractivity contribution in [2.75, 3.05) is 0 Å². The van der Waals surface area contributed by atoms with Crippen LogP contribution in [-0.4, -0.2) is 15.1 Å². The van der Waals surface area contributed by atoms with E-state index >= 15 is 0 Å². The Morgan fingerprint density at radius 2 is 2.20 bits per heavy atom. The summed E-state index contributed by atoms with van der Waals surface area (Å²) in [5.74, 6) is 0.363. The highest BCUT2D eigenvalue weighted by Crippen LogP contribution is 2.18. The average molecular weight is 268 g/mol. The monoisotopic (exact) mass is 268 g/mol. The first-order valence-electron chi connectivity index (χ1n) is 5.91. The maximum absolute atomic E-state index is 13.5. The molecule has 20 heavy (non-hydrogen) atoms. The smallest absolute Gasteiger partial charge is 0.274 e. The van der Waals surface area contributed by atoms with Gasteiger partial charge in [0.25, 0.3) is 5.89 Å². The molecule has 0 bridgehead atoms. The second-order valence-electron chi connectivity index (χ2n) is 4.20. The summed E-state index contributed by atoms with van der Waals surface area (Å²) in [6.07, 6.45) is 1.80. The van der Waals surface area contributed by atoms with Crippen molar-refractivity contribution in [1.29, 1.82) is 5.26 Å². The molecule has 0 radical (unpaired) electrons. The first kappa shape index (κ1) is 12.1. The number of nitrogens with zero attached hydrogens (tertiary/aromatic N) is 3. The Kier molecular flexibility index (Phi) is 3.01. The molecule has 3 aromatic rings. The summed E-state index contributed by atoms with van der Waals surface area (Å²) in [6.45, 7) is 0. The molecule has 0 atom stereocenters. The number of halogens is 1. The van der Waals surface area contributed by atoms with E-state index in [9.17, 15) is 4.39 Å². The van der Waals surface area contributed by atoms with Gasteiger partial charge < -0.3 is 9.51 Å². The quantitative estimate of drug-likeness (QED) is 0.792. The lowest BCUT2D eigenvalue weighted by Crippen LogP contribution is -1.94. The molecule has 0 aliphatic heterocycles. The second-order valence-corrected chi connectivity index (χ2v) is 4.20. The van der Waals surface area contributed by atoms with Crippen LogP contribution in [0.4, 0.5) is 4.39 Å². The molecule has 2 aromatic heterocycles. The first-order valence-corrected chi connectivity index (χ1v) is 5.91. The van der Waals surface area contributed by atoms with Crippen LogP contribution < -0.4 is 0 Å². The summed E-state index contributed by atoms with van der Waals surface area (Å²) >= 11 is 0. The van der Waals surface area contributed by atoms with E-state index in [1.807, 2.05) is 6.07 Å². The van der Waals surface area contributed by atoms with E-state index in [0.29, 0.717) is 22.6 Å². The van der Waals surface area contributed by atoms with Crippen LogP contribution in [0.1, 0.15) is 17.0 Å². The van der Waals surface area contributed by atoms with Crippen LogP contribution in [0.5, 0.6) is 0 Å². The van der Waals surface area contributed by atoms with Crippen molar-refractivity contribution >= 4 is 0 Å². The number of nitriles is 1. The van der Waals surface area contributed by atoms with Gasteiger partial charge in [-0.15, -0.1) is 0 Å². The van der Waals surface area contributed by atoms with Crippen LogP contribution in [0.2, 0.25) is 0 Å². The van der Waals surface area contributed by atoms with Crippen molar-refractivity contribution in [3.63, 3.8) is 0 Å². The van der Waals surface area contributed by atoms with E-state index < -0.39 is 0 Å². The predicted octanol–water partition coefficient (Wildman–Crippen LogP) is 2.67. The zero-order valence-corrected chi connectivity index (χ0v) is 10.3. The van der Waals surface area contributed by atoms with E-state index in [1.54, 1.807) is 30.5 Å². The van der Waals surface area contributed by atoms with Crippen molar-refractivity contribution in [3.05, 3.63) is 59.3 Å². The highest BCUT2D eigenvalue weighted by atomic mass is 19.1. The molecular weight excluding hydrogens is 259 g/mol. The van der Waals surface area contributed by atoms with Gasteiger partial charge in [0.2, 0.25) is 0 Å². The van der Waals surface area contributed by atoms with E-state index in [1.165, 1.54) is 6.07 Å². The number of H-pyrrole nitrogens is 1. The zero-order chi connectivity index (χ0) is 13.9. The van der Waals surface area contributed by atoms with Crippen LogP contribution in [0.15, 0.2) is 41.1 Å². The summed E-state index contributed by atoms with van der Waals surface area (Å²) in [6, 6.07) is 10.1. The minimum atomic E-state index is -0.300. The molecule has 2 heterocycles. The fourth-order valence-electron chi connectivity index (χ4n) is 1.83. The Labute approximate surface area is 113 Å². The molecule has 1 aromatic carbocycles. The standard InChI is InChI=1S/C14H9FN4O/c15-11-4-2-1-3-10(11)6-13-18-14(20-19-13)12-5-9(7-16)8-17-12/h1-5,8,17H,6H2. The van der Waals surface area contributed by atoms with E-state index in [4.69, 9.17) is 9.78 Å². The minimum absolute atomic E-state index is 0.252. The zero-order valence-electron chi connectivity index (χ0n) is 10.3.